The van der Waals surface area contributed by atoms with Gasteiger partial charge < -0.3 is 5.32 Å². The van der Waals surface area contributed by atoms with Crippen molar-refractivity contribution in [2.24, 2.45) is 0 Å². The Morgan fingerprint density at radius 3 is 2.76 bits per heavy atom. The fourth-order valence-corrected chi connectivity index (χ4v) is 3.02. The lowest BCUT2D eigenvalue weighted by molar-refractivity contribution is 0.315. The van der Waals surface area contributed by atoms with E-state index >= 15 is 0 Å². The molecule has 0 amide bonds. The van der Waals surface area contributed by atoms with Crippen LogP contribution in [0.4, 0.5) is 0 Å². The molecule has 3 heteroatoms. The highest BCUT2D eigenvalue weighted by molar-refractivity contribution is 5.15. The first-order valence-electron chi connectivity index (χ1n) is 7.74. The Morgan fingerprint density at radius 1 is 1.19 bits per heavy atom. The van der Waals surface area contributed by atoms with Crippen LogP contribution in [0.15, 0.2) is 54.7 Å². The van der Waals surface area contributed by atoms with Crippen molar-refractivity contribution in [1.82, 2.24) is 15.2 Å². The highest BCUT2D eigenvalue weighted by Crippen LogP contribution is 2.17. The molecule has 1 unspecified atom stereocenters. The summed E-state index contributed by atoms with van der Waals surface area (Å²) in [7, 11) is 0. The van der Waals surface area contributed by atoms with Gasteiger partial charge in [-0.25, -0.2) is 0 Å². The molecule has 3 nitrogen and oxygen atoms in total. The Kier molecular flexibility index (Phi) is 4.63. The van der Waals surface area contributed by atoms with Crippen LogP contribution in [0.25, 0.3) is 0 Å². The number of hydrogen-bond donors (Lipinski definition) is 1. The molecule has 0 aliphatic carbocycles. The summed E-state index contributed by atoms with van der Waals surface area (Å²) in [5, 5.41) is 3.71. The van der Waals surface area contributed by atoms with Gasteiger partial charge in [0, 0.05) is 37.9 Å². The summed E-state index contributed by atoms with van der Waals surface area (Å²) in [5.74, 6) is 0. The maximum Gasteiger partial charge on any atom is 0.0570 e. The van der Waals surface area contributed by atoms with Crippen molar-refractivity contribution in [3.05, 3.63) is 66.0 Å². The van der Waals surface area contributed by atoms with Crippen molar-refractivity contribution >= 4 is 0 Å². The molecule has 0 saturated carbocycles. The molecular formula is C18H23N3. The molecule has 1 N–H and O–H groups in total. The second kappa shape index (κ2) is 6.83. The molecule has 2 heterocycles. The monoisotopic (exact) mass is 281 g/mol. The average molecular weight is 281 g/mol. The van der Waals surface area contributed by atoms with Crippen molar-refractivity contribution in [1.29, 1.82) is 0 Å². The standard InChI is InChI=1S/C18H23N3/c1-15(18-9-5-6-11-19-18)20-17-10-12-21(14-17)13-16-7-3-2-4-8-16/h2-9,11,15,17,20H,10,12-14H2,1H3/t15-,17?/m1/s1. The Bertz CT molecular complexity index is 541. The topological polar surface area (TPSA) is 28.2 Å². The number of likely N-dealkylation sites (tertiary alicyclic amines) is 1. The minimum absolute atomic E-state index is 0.313. The van der Waals surface area contributed by atoms with E-state index < -0.39 is 0 Å². The van der Waals surface area contributed by atoms with Crippen LogP contribution in [0.5, 0.6) is 0 Å². The molecule has 0 bridgehead atoms. The van der Waals surface area contributed by atoms with E-state index in [0.29, 0.717) is 12.1 Å². The Morgan fingerprint density at radius 2 is 2.00 bits per heavy atom. The van der Waals surface area contributed by atoms with E-state index in [1.165, 1.54) is 18.5 Å². The lowest BCUT2D eigenvalue weighted by atomic mass is 10.1. The van der Waals surface area contributed by atoms with E-state index in [4.69, 9.17) is 0 Å². The van der Waals surface area contributed by atoms with Gasteiger partial charge in [-0.15, -0.1) is 0 Å². The molecule has 1 saturated heterocycles. The van der Waals surface area contributed by atoms with E-state index in [9.17, 15) is 0 Å². The van der Waals surface area contributed by atoms with Gasteiger partial charge in [0.1, 0.15) is 0 Å². The van der Waals surface area contributed by atoms with Gasteiger partial charge in [0.25, 0.3) is 0 Å². The van der Waals surface area contributed by atoms with Crippen LogP contribution in [-0.2, 0) is 6.54 Å². The molecule has 21 heavy (non-hydrogen) atoms. The van der Waals surface area contributed by atoms with Crippen LogP contribution in [0, 0.1) is 0 Å². The summed E-state index contributed by atoms with van der Waals surface area (Å²) in [4.78, 5) is 6.96. The Balaban J connectivity index is 1.51. The maximum absolute atomic E-state index is 4.43. The molecule has 1 fully saturated rings. The van der Waals surface area contributed by atoms with Crippen molar-refractivity contribution in [2.45, 2.75) is 32.0 Å². The molecular weight excluding hydrogens is 258 g/mol. The summed E-state index contributed by atoms with van der Waals surface area (Å²) in [6.07, 6.45) is 3.08. The van der Waals surface area contributed by atoms with Crippen LogP contribution in [0.2, 0.25) is 0 Å². The molecule has 1 aliphatic heterocycles. The van der Waals surface area contributed by atoms with Crippen LogP contribution in [-0.4, -0.2) is 29.0 Å². The van der Waals surface area contributed by atoms with Gasteiger partial charge in [0.15, 0.2) is 0 Å². The van der Waals surface area contributed by atoms with E-state index in [0.717, 1.165) is 18.8 Å². The predicted octanol–water partition coefficient (Wildman–Crippen LogP) is 3.01. The number of benzene rings is 1. The summed E-state index contributed by atoms with van der Waals surface area (Å²) in [6, 6.07) is 17.7. The minimum Gasteiger partial charge on any atom is -0.305 e. The third kappa shape index (κ3) is 3.90. The molecule has 1 aliphatic rings. The molecule has 3 rings (SSSR count). The van der Waals surface area contributed by atoms with Crippen molar-refractivity contribution < 1.29 is 0 Å². The van der Waals surface area contributed by atoms with Crippen LogP contribution >= 0.6 is 0 Å². The van der Waals surface area contributed by atoms with Crippen molar-refractivity contribution in [3.8, 4) is 0 Å². The van der Waals surface area contributed by atoms with E-state index in [1.807, 2.05) is 12.3 Å². The summed E-state index contributed by atoms with van der Waals surface area (Å²) < 4.78 is 0. The first kappa shape index (κ1) is 14.2. The third-order valence-corrected chi connectivity index (χ3v) is 4.14. The molecule has 1 aromatic carbocycles. The summed E-state index contributed by atoms with van der Waals surface area (Å²) in [5.41, 5.74) is 2.52. The zero-order valence-electron chi connectivity index (χ0n) is 12.6. The molecule has 0 spiro atoms. The molecule has 110 valence electrons. The van der Waals surface area contributed by atoms with Crippen LogP contribution in [0.1, 0.15) is 30.6 Å². The fourth-order valence-electron chi connectivity index (χ4n) is 3.02. The number of aromatic nitrogens is 1. The average Bonchev–Trinajstić information content (AvgIpc) is 2.96. The number of pyridine rings is 1. The lowest BCUT2D eigenvalue weighted by Gasteiger charge is -2.20. The summed E-state index contributed by atoms with van der Waals surface area (Å²) in [6.45, 7) is 5.53. The lowest BCUT2D eigenvalue weighted by Crippen LogP contribution is -2.34. The van der Waals surface area contributed by atoms with Crippen molar-refractivity contribution in [2.75, 3.05) is 13.1 Å². The van der Waals surface area contributed by atoms with E-state index in [2.05, 4.69) is 64.6 Å². The highest BCUT2D eigenvalue weighted by atomic mass is 15.2. The maximum atomic E-state index is 4.43. The second-order valence-corrected chi connectivity index (χ2v) is 5.85. The second-order valence-electron chi connectivity index (χ2n) is 5.85. The molecule has 2 atom stereocenters. The minimum atomic E-state index is 0.313. The van der Waals surface area contributed by atoms with Crippen LogP contribution in [0.3, 0.4) is 0 Å². The molecule has 1 aromatic heterocycles. The van der Waals surface area contributed by atoms with Gasteiger partial charge in [0.05, 0.1) is 5.69 Å². The van der Waals surface area contributed by atoms with Crippen LogP contribution < -0.4 is 5.32 Å². The smallest absolute Gasteiger partial charge is 0.0570 e. The Labute approximate surface area is 127 Å². The Hall–Kier alpha value is -1.71. The van der Waals surface area contributed by atoms with Crippen molar-refractivity contribution in [3.63, 3.8) is 0 Å². The summed E-state index contributed by atoms with van der Waals surface area (Å²) >= 11 is 0. The predicted molar refractivity (Wildman–Crippen MR) is 85.9 cm³/mol. The number of nitrogens with one attached hydrogen (secondary N) is 1. The van der Waals surface area contributed by atoms with Gasteiger partial charge in [-0.05, 0) is 31.0 Å². The first-order chi connectivity index (χ1) is 10.3. The SMILES string of the molecule is C[C@@H](NC1CCN(Cc2ccccc2)C1)c1ccccn1. The van der Waals surface area contributed by atoms with Gasteiger partial charge >= 0.3 is 0 Å². The van der Waals surface area contributed by atoms with Gasteiger partial charge in [-0.3, -0.25) is 9.88 Å². The zero-order valence-corrected chi connectivity index (χ0v) is 12.6. The normalized spacial score (nSPS) is 20.5. The van der Waals surface area contributed by atoms with Gasteiger partial charge in [-0.1, -0.05) is 36.4 Å². The van der Waals surface area contributed by atoms with Gasteiger partial charge in [0.2, 0.25) is 0 Å². The molecule has 0 radical (unpaired) electrons. The quantitative estimate of drug-likeness (QED) is 0.913. The highest BCUT2D eigenvalue weighted by Gasteiger charge is 2.23. The largest absolute Gasteiger partial charge is 0.305 e. The van der Waals surface area contributed by atoms with Gasteiger partial charge in [-0.2, -0.15) is 0 Å². The van der Waals surface area contributed by atoms with E-state index in [1.54, 1.807) is 0 Å². The zero-order chi connectivity index (χ0) is 14.5. The third-order valence-electron chi connectivity index (χ3n) is 4.14. The fraction of sp³-hybridized carbons (Fsp3) is 0.389. The number of nitrogens with zero attached hydrogens (tertiary/aromatic N) is 2. The first-order valence-corrected chi connectivity index (χ1v) is 7.74. The number of rotatable bonds is 5. The van der Waals surface area contributed by atoms with E-state index in [-0.39, 0.29) is 0 Å². The number of hydrogen-bond acceptors (Lipinski definition) is 3. The molecule has 2 aromatic rings.